The van der Waals surface area contributed by atoms with E-state index in [1.54, 1.807) is 16.8 Å². The summed E-state index contributed by atoms with van der Waals surface area (Å²) in [5, 5.41) is 23.6. The molecule has 1 unspecified atom stereocenters. The Morgan fingerprint density at radius 1 is 1.15 bits per heavy atom. The number of aryl methyl sites for hydroxylation is 1. The lowest BCUT2D eigenvalue weighted by Crippen LogP contribution is -2.40. The van der Waals surface area contributed by atoms with E-state index < -0.39 is 0 Å². The second-order valence-electron chi connectivity index (χ2n) is 6.49. The molecule has 1 atom stereocenters. The Labute approximate surface area is 162 Å². The highest BCUT2D eigenvalue weighted by Gasteiger charge is 2.31. The third-order valence-electron chi connectivity index (χ3n) is 4.78. The molecule has 140 valence electrons. The molecular formula is C19H20ClN5O2. The Kier molecular flexibility index (Phi) is 5.07. The Hall–Kier alpha value is -2.48. The van der Waals surface area contributed by atoms with Crippen molar-refractivity contribution in [2.24, 2.45) is 0 Å². The number of para-hydroxylation sites is 1. The minimum atomic E-state index is -0.302. The molecule has 1 N–H and O–H groups in total. The number of phenols is 1. The lowest BCUT2D eigenvalue weighted by molar-refractivity contribution is 0.0216. The molecule has 0 aliphatic carbocycles. The van der Waals surface area contributed by atoms with Crippen LogP contribution in [0, 0.1) is 6.92 Å². The molecule has 27 heavy (non-hydrogen) atoms. The third kappa shape index (κ3) is 3.53. The molecule has 0 spiro atoms. The van der Waals surface area contributed by atoms with Gasteiger partial charge in [-0.1, -0.05) is 35.9 Å². The van der Waals surface area contributed by atoms with Gasteiger partial charge in [-0.05, 0) is 41.1 Å². The van der Waals surface area contributed by atoms with E-state index >= 15 is 0 Å². The van der Waals surface area contributed by atoms with Gasteiger partial charge in [-0.2, -0.15) is 4.68 Å². The monoisotopic (exact) mass is 385 g/mol. The van der Waals surface area contributed by atoms with Gasteiger partial charge in [0.25, 0.3) is 0 Å². The van der Waals surface area contributed by atoms with Gasteiger partial charge < -0.3 is 9.84 Å². The van der Waals surface area contributed by atoms with Crippen LogP contribution in [-0.4, -0.2) is 56.5 Å². The van der Waals surface area contributed by atoms with Gasteiger partial charge in [-0.25, -0.2) is 0 Å². The van der Waals surface area contributed by atoms with Crippen LogP contribution in [0.4, 0.5) is 0 Å². The molecule has 0 bridgehead atoms. The summed E-state index contributed by atoms with van der Waals surface area (Å²) in [5.41, 5.74) is 2.58. The molecule has 1 aliphatic heterocycles. The zero-order valence-corrected chi connectivity index (χ0v) is 15.7. The number of ether oxygens (including phenoxy) is 1. The second-order valence-corrected chi connectivity index (χ2v) is 6.93. The van der Waals surface area contributed by atoms with Crippen molar-refractivity contribution in [1.82, 2.24) is 25.1 Å². The second kappa shape index (κ2) is 7.64. The zero-order chi connectivity index (χ0) is 18.8. The van der Waals surface area contributed by atoms with E-state index in [-0.39, 0.29) is 11.8 Å². The molecule has 7 nitrogen and oxygen atoms in total. The first kappa shape index (κ1) is 17.9. The lowest BCUT2D eigenvalue weighted by atomic mass is 10.0. The number of hydrogen-bond acceptors (Lipinski definition) is 6. The van der Waals surface area contributed by atoms with E-state index in [1.807, 2.05) is 37.3 Å². The van der Waals surface area contributed by atoms with Crippen LogP contribution in [0.3, 0.4) is 0 Å². The lowest BCUT2D eigenvalue weighted by Gasteiger charge is -2.34. The summed E-state index contributed by atoms with van der Waals surface area (Å²) >= 11 is 6.21. The quantitative estimate of drug-likeness (QED) is 0.744. The zero-order valence-electron chi connectivity index (χ0n) is 14.9. The summed E-state index contributed by atoms with van der Waals surface area (Å²) < 4.78 is 7.21. The van der Waals surface area contributed by atoms with Crippen LogP contribution >= 0.6 is 11.6 Å². The van der Waals surface area contributed by atoms with Crippen LogP contribution in [0.25, 0.3) is 5.69 Å². The highest BCUT2D eigenvalue weighted by Crippen LogP contribution is 2.34. The van der Waals surface area contributed by atoms with E-state index in [0.29, 0.717) is 24.1 Å². The number of halogens is 1. The highest BCUT2D eigenvalue weighted by atomic mass is 35.5. The number of aromatic nitrogens is 4. The number of rotatable bonds is 4. The van der Waals surface area contributed by atoms with Gasteiger partial charge in [0.05, 0.1) is 18.9 Å². The standard InChI is InChI=1S/C19H20ClN5O2/c1-13-6-7-14(20)12-16(13)25-19(21-22-23-25)18(24-8-10-27-11-9-24)15-4-2-3-5-17(15)26/h2-7,12,18,26H,8-11H2,1H3. The van der Waals surface area contributed by atoms with Gasteiger partial charge in [0.1, 0.15) is 11.8 Å². The van der Waals surface area contributed by atoms with Crippen molar-refractivity contribution in [3.63, 3.8) is 0 Å². The number of benzene rings is 2. The van der Waals surface area contributed by atoms with Gasteiger partial charge >= 0.3 is 0 Å². The van der Waals surface area contributed by atoms with E-state index in [4.69, 9.17) is 16.3 Å². The van der Waals surface area contributed by atoms with Crippen molar-refractivity contribution in [2.75, 3.05) is 26.3 Å². The van der Waals surface area contributed by atoms with Gasteiger partial charge in [0.15, 0.2) is 5.82 Å². The molecule has 0 amide bonds. The smallest absolute Gasteiger partial charge is 0.178 e. The molecule has 1 aromatic heterocycles. The molecule has 0 radical (unpaired) electrons. The van der Waals surface area contributed by atoms with Crippen molar-refractivity contribution in [1.29, 1.82) is 0 Å². The van der Waals surface area contributed by atoms with Crippen LogP contribution in [0.2, 0.25) is 5.02 Å². The number of morpholine rings is 1. The van der Waals surface area contributed by atoms with E-state index in [0.717, 1.165) is 29.9 Å². The van der Waals surface area contributed by atoms with E-state index in [1.165, 1.54) is 0 Å². The van der Waals surface area contributed by atoms with Crippen molar-refractivity contribution in [3.05, 3.63) is 64.4 Å². The molecule has 4 rings (SSSR count). The summed E-state index contributed by atoms with van der Waals surface area (Å²) in [6.07, 6.45) is 0. The van der Waals surface area contributed by atoms with Gasteiger partial charge in [0.2, 0.25) is 0 Å². The Morgan fingerprint density at radius 3 is 2.70 bits per heavy atom. The van der Waals surface area contributed by atoms with Crippen LogP contribution in [0.1, 0.15) is 23.0 Å². The number of aromatic hydroxyl groups is 1. The first-order chi connectivity index (χ1) is 13.1. The number of nitrogens with zero attached hydrogens (tertiary/aromatic N) is 5. The summed E-state index contributed by atoms with van der Waals surface area (Å²) in [6.45, 7) is 4.69. The van der Waals surface area contributed by atoms with E-state index in [9.17, 15) is 5.11 Å². The minimum absolute atomic E-state index is 0.214. The third-order valence-corrected chi connectivity index (χ3v) is 5.01. The molecule has 2 heterocycles. The average Bonchev–Trinajstić information content (AvgIpc) is 3.15. The topological polar surface area (TPSA) is 76.3 Å². The SMILES string of the molecule is Cc1ccc(Cl)cc1-n1nnnc1C(c1ccccc1O)N1CCOCC1. The maximum absolute atomic E-state index is 10.5. The van der Waals surface area contributed by atoms with E-state index in [2.05, 4.69) is 20.4 Å². The molecule has 0 saturated carbocycles. The molecule has 8 heteroatoms. The number of tetrazole rings is 1. The normalized spacial score (nSPS) is 16.4. The minimum Gasteiger partial charge on any atom is -0.508 e. The van der Waals surface area contributed by atoms with Gasteiger partial charge in [-0.3, -0.25) is 4.90 Å². The fourth-order valence-corrected chi connectivity index (χ4v) is 3.57. The Bertz CT molecular complexity index is 939. The number of hydrogen-bond donors (Lipinski definition) is 1. The Balaban J connectivity index is 1.86. The van der Waals surface area contributed by atoms with Crippen LogP contribution in [0.15, 0.2) is 42.5 Å². The summed E-state index contributed by atoms with van der Waals surface area (Å²) in [4.78, 5) is 2.22. The first-order valence-corrected chi connectivity index (χ1v) is 9.17. The molecule has 3 aromatic rings. The molecular weight excluding hydrogens is 366 g/mol. The Morgan fingerprint density at radius 2 is 1.93 bits per heavy atom. The van der Waals surface area contributed by atoms with Crippen molar-refractivity contribution >= 4 is 11.6 Å². The van der Waals surface area contributed by atoms with Crippen molar-refractivity contribution in [3.8, 4) is 11.4 Å². The summed E-state index contributed by atoms with van der Waals surface area (Å²) in [7, 11) is 0. The highest BCUT2D eigenvalue weighted by molar-refractivity contribution is 6.30. The largest absolute Gasteiger partial charge is 0.508 e. The van der Waals surface area contributed by atoms with Crippen LogP contribution < -0.4 is 0 Å². The summed E-state index contributed by atoms with van der Waals surface area (Å²) in [6, 6.07) is 12.6. The van der Waals surface area contributed by atoms with Gasteiger partial charge in [-0.15, -0.1) is 5.10 Å². The maximum atomic E-state index is 10.5. The van der Waals surface area contributed by atoms with Crippen molar-refractivity contribution < 1.29 is 9.84 Å². The predicted molar refractivity (Wildman–Crippen MR) is 101 cm³/mol. The van der Waals surface area contributed by atoms with Gasteiger partial charge in [0, 0.05) is 23.7 Å². The molecule has 2 aromatic carbocycles. The predicted octanol–water partition coefficient (Wildman–Crippen LogP) is 2.75. The maximum Gasteiger partial charge on any atom is 0.178 e. The molecule has 1 aliphatic rings. The molecule has 1 saturated heterocycles. The average molecular weight is 386 g/mol. The summed E-state index contributed by atoms with van der Waals surface area (Å²) in [5.74, 6) is 0.843. The van der Waals surface area contributed by atoms with Crippen molar-refractivity contribution in [2.45, 2.75) is 13.0 Å². The fourth-order valence-electron chi connectivity index (χ4n) is 3.40. The molecule has 1 fully saturated rings. The van der Waals surface area contributed by atoms with Crippen LogP contribution in [-0.2, 0) is 4.74 Å². The van der Waals surface area contributed by atoms with Crippen LogP contribution in [0.5, 0.6) is 5.75 Å². The first-order valence-electron chi connectivity index (χ1n) is 8.79. The fraction of sp³-hybridized carbons (Fsp3) is 0.316. The number of phenolic OH excluding ortho intramolecular Hbond substituents is 1.